The molecular formula is C6H12N2O. The molecule has 0 aromatic heterocycles. The van der Waals surface area contributed by atoms with Crippen molar-refractivity contribution in [3.63, 3.8) is 0 Å². The first-order valence-electron chi connectivity index (χ1n) is 3.20. The summed E-state index contributed by atoms with van der Waals surface area (Å²) in [4.78, 5) is 12.7. The number of amides is 1. The molecule has 9 heavy (non-hydrogen) atoms. The van der Waals surface area contributed by atoms with Gasteiger partial charge in [0, 0.05) is 20.1 Å². The van der Waals surface area contributed by atoms with E-state index >= 15 is 0 Å². The number of hydrogen-bond donors (Lipinski definition) is 1. The largest absolute Gasteiger partial charge is 0.345 e. The van der Waals surface area contributed by atoms with Gasteiger partial charge >= 0.3 is 0 Å². The third-order valence-corrected chi connectivity index (χ3v) is 1.82. The number of carbonyl (C=O) groups excluding carboxylic acids is 1. The van der Waals surface area contributed by atoms with E-state index in [1.807, 2.05) is 7.05 Å². The minimum absolute atomic E-state index is 0.106. The van der Waals surface area contributed by atoms with E-state index in [1.54, 1.807) is 4.90 Å². The van der Waals surface area contributed by atoms with Gasteiger partial charge in [0.25, 0.3) is 0 Å². The molecule has 1 atom stereocenters. The summed E-state index contributed by atoms with van der Waals surface area (Å²) < 4.78 is 0. The Labute approximate surface area is 54.8 Å². The van der Waals surface area contributed by atoms with E-state index < -0.39 is 0 Å². The van der Waals surface area contributed by atoms with Crippen molar-refractivity contribution in [2.24, 2.45) is 11.7 Å². The SMILES string of the molecule is CN1CCC(CN)C1=O. The molecule has 1 saturated heterocycles. The van der Waals surface area contributed by atoms with Crippen LogP contribution in [-0.2, 0) is 4.79 Å². The van der Waals surface area contributed by atoms with Crippen LogP contribution in [0.2, 0.25) is 0 Å². The molecule has 1 rings (SSSR count). The van der Waals surface area contributed by atoms with E-state index in [0.29, 0.717) is 6.54 Å². The normalized spacial score (nSPS) is 27.6. The Bertz CT molecular complexity index is 124. The lowest BCUT2D eigenvalue weighted by atomic mass is 10.1. The average Bonchev–Trinajstić information content (AvgIpc) is 2.15. The fourth-order valence-electron chi connectivity index (χ4n) is 1.11. The maximum atomic E-state index is 11.0. The highest BCUT2D eigenvalue weighted by molar-refractivity contribution is 5.80. The van der Waals surface area contributed by atoms with Crippen LogP contribution in [0.4, 0.5) is 0 Å². The molecule has 0 spiro atoms. The summed E-state index contributed by atoms with van der Waals surface area (Å²) in [7, 11) is 1.82. The number of nitrogens with two attached hydrogens (primary N) is 1. The molecule has 3 heteroatoms. The van der Waals surface area contributed by atoms with E-state index in [-0.39, 0.29) is 11.8 Å². The van der Waals surface area contributed by atoms with Crippen LogP contribution in [-0.4, -0.2) is 30.9 Å². The second-order valence-electron chi connectivity index (χ2n) is 2.48. The van der Waals surface area contributed by atoms with Crippen LogP contribution in [0.1, 0.15) is 6.42 Å². The first kappa shape index (κ1) is 6.55. The van der Waals surface area contributed by atoms with Gasteiger partial charge in [-0.25, -0.2) is 0 Å². The summed E-state index contributed by atoms with van der Waals surface area (Å²) in [5.74, 6) is 0.312. The molecule has 52 valence electrons. The third-order valence-electron chi connectivity index (χ3n) is 1.82. The summed E-state index contributed by atoms with van der Waals surface area (Å²) >= 11 is 0. The number of rotatable bonds is 1. The van der Waals surface area contributed by atoms with Crippen LogP contribution in [0.3, 0.4) is 0 Å². The summed E-state index contributed by atoms with van der Waals surface area (Å²) in [5.41, 5.74) is 5.34. The van der Waals surface area contributed by atoms with Gasteiger partial charge < -0.3 is 10.6 Å². The molecule has 1 heterocycles. The lowest BCUT2D eigenvalue weighted by Crippen LogP contribution is -2.26. The van der Waals surface area contributed by atoms with Crippen LogP contribution in [0.5, 0.6) is 0 Å². The van der Waals surface area contributed by atoms with Gasteiger partial charge in [-0.2, -0.15) is 0 Å². The Morgan fingerprint density at radius 3 is 2.78 bits per heavy atom. The molecule has 0 bridgehead atoms. The Hall–Kier alpha value is -0.570. The lowest BCUT2D eigenvalue weighted by Gasteiger charge is -2.06. The fourth-order valence-corrected chi connectivity index (χ4v) is 1.11. The van der Waals surface area contributed by atoms with Gasteiger partial charge in [0.15, 0.2) is 0 Å². The molecule has 1 amide bonds. The quantitative estimate of drug-likeness (QED) is 0.513. The first-order chi connectivity index (χ1) is 4.25. The monoisotopic (exact) mass is 128 g/mol. The Kier molecular flexibility index (Phi) is 1.71. The van der Waals surface area contributed by atoms with Gasteiger partial charge in [0.1, 0.15) is 0 Å². The third kappa shape index (κ3) is 1.05. The maximum absolute atomic E-state index is 11.0. The minimum Gasteiger partial charge on any atom is -0.345 e. The first-order valence-corrected chi connectivity index (χ1v) is 3.20. The number of carbonyl (C=O) groups is 1. The second kappa shape index (κ2) is 2.35. The molecule has 0 saturated carbocycles. The summed E-state index contributed by atoms with van der Waals surface area (Å²) in [5, 5.41) is 0. The van der Waals surface area contributed by atoms with Crippen molar-refractivity contribution in [2.45, 2.75) is 6.42 Å². The van der Waals surface area contributed by atoms with Gasteiger partial charge in [0.05, 0.1) is 5.92 Å². The zero-order valence-corrected chi connectivity index (χ0v) is 5.63. The predicted molar refractivity (Wildman–Crippen MR) is 34.8 cm³/mol. The van der Waals surface area contributed by atoms with Gasteiger partial charge in [-0.3, -0.25) is 4.79 Å². The number of hydrogen-bond acceptors (Lipinski definition) is 2. The smallest absolute Gasteiger partial charge is 0.226 e. The molecule has 0 radical (unpaired) electrons. The highest BCUT2D eigenvalue weighted by Gasteiger charge is 2.26. The van der Waals surface area contributed by atoms with Crippen molar-refractivity contribution in [3.05, 3.63) is 0 Å². The van der Waals surface area contributed by atoms with Crippen molar-refractivity contribution in [1.82, 2.24) is 4.90 Å². The lowest BCUT2D eigenvalue weighted by molar-refractivity contribution is -0.129. The van der Waals surface area contributed by atoms with Crippen molar-refractivity contribution >= 4 is 5.91 Å². The molecule has 1 aliphatic heterocycles. The van der Waals surface area contributed by atoms with Crippen LogP contribution < -0.4 is 5.73 Å². The molecule has 0 aliphatic carbocycles. The Balaban J connectivity index is 2.51. The van der Waals surface area contributed by atoms with Crippen LogP contribution in [0.15, 0.2) is 0 Å². The zero-order chi connectivity index (χ0) is 6.85. The van der Waals surface area contributed by atoms with E-state index in [4.69, 9.17) is 5.73 Å². The van der Waals surface area contributed by atoms with Gasteiger partial charge in [-0.15, -0.1) is 0 Å². The highest BCUT2D eigenvalue weighted by atomic mass is 16.2. The van der Waals surface area contributed by atoms with Gasteiger partial charge in [0.2, 0.25) is 5.91 Å². The van der Waals surface area contributed by atoms with E-state index in [0.717, 1.165) is 13.0 Å². The topological polar surface area (TPSA) is 46.3 Å². The maximum Gasteiger partial charge on any atom is 0.226 e. The number of nitrogens with zero attached hydrogens (tertiary/aromatic N) is 1. The predicted octanol–water partition coefficient (Wildman–Crippen LogP) is -0.577. The molecule has 2 N–H and O–H groups in total. The Morgan fingerprint density at radius 2 is 2.56 bits per heavy atom. The molecule has 1 aliphatic rings. The van der Waals surface area contributed by atoms with Crippen LogP contribution in [0, 0.1) is 5.92 Å². The fraction of sp³-hybridized carbons (Fsp3) is 0.833. The van der Waals surface area contributed by atoms with E-state index in [2.05, 4.69) is 0 Å². The van der Waals surface area contributed by atoms with E-state index in [1.165, 1.54) is 0 Å². The second-order valence-corrected chi connectivity index (χ2v) is 2.48. The van der Waals surface area contributed by atoms with Crippen molar-refractivity contribution in [3.8, 4) is 0 Å². The molecular weight excluding hydrogens is 116 g/mol. The van der Waals surface area contributed by atoms with Crippen LogP contribution >= 0.6 is 0 Å². The average molecular weight is 128 g/mol. The molecule has 1 fully saturated rings. The highest BCUT2D eigenvalue weighted by Crippen LogP contribution is 2.13. The van der Waals surface area contributed by atoms with Crippen molar-refractivity contribution < 1.29 is 4.79 Å². The van der Waals surface area contributed by atoms with Crippen molar-refractivity contribution in [2.75, 3.05) is 20.1 Å². The number of likely N-dealkylation sites (tertiary alicyclic amines) is 1. The minimum atomic E-state index is 0.106. The van der Waals surface area contributed by atoms with Crippen LogP contribution in [0.25, 0.3) is 0 Å². The summed E-state index contributed by atoms with van der Waals surface area (Å²) in [6.45, 7) is 1.38. The summed E-state index contributed by atoms with van der Waals surface area (Å²) in [6.07, 6.45) is 0.936. The Morgan fingerprint density at radius 1 is 1.89 bits per heavy atom. The molecule has 0 aromatic carbocycles. The molecule has 3 nitrogen and oxygen atoms in total. The molecule has 0 aromatic rings. The van der Waals surface area contributed by atoms with Gasteiger partial charge in [-0.1, -0.05) is 0 Å². The van der Waals surface area contributed by atoms with Crippen molar-refractivity contribution in [1.29, 1.82) is 0 Å². The van der Waals surface area contributed by atoms with E-state index in [9.17, 15) is 4.79 Å². The standard InChI is InChI=1S/C6H12N2O/c1-8-3-2-5(4-7)6(8)9/h5H,2-4,7H2,1H3. The zero-order valence-electron chi connectivity index (χ0n) is 5.63. The molecule has 1 unspecified atom stereocenters. The summed E-state index contributed by atoms with van der Waals surface area (Å²) in [6, 6.07) is 0. The van der Waals surface area contributed by atoms with Gasteiger partial charge in [-0.05, 0) is 6.42 Å².